The number of hydrogen-bond donors (Lipinski definition) is 0. The van der Waals surface area contributed by atoms with Crippen LogP contribution in [0.5, 0.6) is 0 Å². The molecule has 0 radical (unpaired) electrons. The standard InChI is InChI=1S/2C68H47N/c1-7-23-48(24-8-1)50-39-44-66(61(45-50)49-25-9-2-10-26-49)69(55-40-42-59-57-35-19-21-37-62(57)67(64(59)46-55,51-27-11-3-12-28-51)52-29-13-4-14-30-52)56-41-43-60-58-36-20-22-38-63(58)68(65(60)47-56,53-31-15-5-16-32-53)54-33-17-6-18-34-54;1-7-23-48(24-8-1)50-43-51(49-25-9-2-10-26-49)45-58(44-50)69(56-39-41-61-59-35-19-21-37-63(59)67(65(61)46-56,52-27-11-3-12-28-52)53-29-13-4-14-30-53)57-40-42-62-60-36-20-22-38-64(60)68(66(62)47-57,54-31-15-5-16-32-54)55-33-17-6-18-34-55/h2*1-47H. The van der Waals surface area contributed by atoms with E-state index >= 15 is 0 Å². The summed E-state index contributed by atoms with van der Waals surface area (Å²) in [6.07, 6.45) is 0. The average Bonchev–Trinajstić information content (AvgIpc) is 1.55. The minimum Gasteiger partial charge on any atom is -0.310 e. The predicted molar refractivity (Wildman–Crippen MR) is 573 cm³/mol. The van der Waals surface area contributed by atoms with Crippen molar-refractivity contribution in [2.24, 2.45) is 0 Å². The van der Waals surface area contributed by atoms with Gasteiger partial charge >= 0.3 is 0 Å². The number of benzene rings is 22. The van der Waals surface area contributed by atoms with Gasteiger partial charge in [-0.2, -0.15) is 0 Å². The minimum absolute atomic E-state index is 0.563. The zero-order valence-electron chi connectivity index (χ0n) is 76.2. The lowest BCUT2D eigenvalue weighted by Crippen LogP contribution is -2.29. The van der Waals surface area contributed by atoms with Crippen LogP contribution in [-0.2, 0) is 21.7 Å². The maximum atomic E-state index is 2.53. The lowest BCUT2D eigenvalue weighted by molar-refractivity contribution is 0.767. The zero-order chi connectivity index (χ0) is 91.6. The fourth-order valence-corrected chi connectivity index (χ4v) is 23.9. The van der Waals surface area contributed by atoms with Gasteiger partial charge in [0.25, 0.3) is 0 Å². The Morgan fingerprint density at radius 1 is 0.109 bits per heavy atom. The van der Waals surface area contributed by atoms with E-state index in [1.807, 2.05) is 0 Å². The van der Waals surface area contributed by atoms with Gasteiger partial charge in [-0.25, -0.2) is 0 Å². The molecule has 138 heavy (non-hydrogen) atoms. The van der Waals surface area contributed by atoms with Gasteiger partial charge in [-0.1, -0.05) is 491 Å². The van der Waals surface area contributed by atoms with Crippen LogP contribution in [0.4, 0.5) is 34.1 Å². The highest BCUT2D eigenvalue weighted by molar-refractivity contribution is 5.99. The van der Waals surface area contributed by atoms with E-state index in [-0.39, 0.29) is 0 Å². The molecule has 0 saturated heterocycles. The highest BCUT2D eigenvalue weighted by Crippen LogP contribution is 2.64. The minimum atomic E-state index is -0.565. The molecule has 22 aromatic carbocycles. The second-order valence-electron chi connectivity index (χ2n) is 36.7. The summed E-state index contributed by atoms with van der Waals surface area (Å²) in [5.74, 6) is 0. The molecule has 0 aromatic heterocycles. The largest absolute Gasteiger partial charge is 0.310 e. The molecular weight excluding hydrogens is 1660 g/mol. The topological polar surface area (TPSA) is 6.48 Å². The Hall–Kier alpha value is -17.6. The SMILES string of the molecule is c1ccc(-c2cc(-c3ccccc3)cc(N(c3ccc4c(c3)C(c3ccccc3)(c3ccccc3)c3ccccc3-4)c3ccc4c(c3)C(c3ccccc3)(c3ccccc3)c3ccccc3-4)c2)cc1.c1ccc(-c2ccc(N(c3ccc4c(c3)C(c3ccccc3)(c3ccccc3)c3ccccc3-4)c3ccc4c(c3)C(c3ccccc3)(c3ccccc3)c3ccccc3-4)c(-c3ccccc3)c2)cc1. The van der Waals surface area contributed by atoms with Gasteiger partial charge in [0, 0.05) is 34.0 Å². The molecule has 22 aromatic rings. The molecule has 4 aliphatic carbocycles. The fraction of sp³-hybridized carbons (Fsp3) is 0.0294. The molecule has 648 valence electrons. The van der Waals surface area contributed by atoms with Gasteiger partial charge in [-0.15, -0.1) is 0 Å². The van der Waals surface area contributed by atoms with Gasteiger partial charge < -0.3 is 9.80 Å². The summed E-state index contributed by atoms with van der Waals surface area (Å²) in [7, 11) is 0. The third-order valence-corrected chi connectivity index (χ3v) is 29.6. The molecule has 0 bridgehead atoms. The molecule has 0 N–H and O–H groups in total. The van der Waals surface area contributed by atoms with Gasteiger partial charge in [0.2, 0.25) is 0 Å². The molecular formula is C136H94N2. The lowest BCUT2D eigenvalue weighted by Gasteiger charge is -2.36. The maximum Gasteiger partial charge on any atom is 0.0714 e. The first-order chi connectivity index (χ1) is 68.5. The molecule has 0 amide bonds. The summed E-state index contributed by atoms with van der Waals surface area (Å²) in [4.78, 5) is 5.05. The molecule has 2 heteroatoms. The average molecular weight is 1760 g/mol. The van der Waals surface area contributed by atoms with Crippen molar-refractivity contribution in [3.8, 4) is 89.0 Å². The molecule has 2 nitrogen and oxygen atoms in total. The van der Waals surface area contributed by atoms with Crippen LogP contribution in [0.3, 0.4) is 0 Å². The smallest absolute Gasteiger partial charge is 0.0714 e. The van der Waals surface area contributed by atoms with Crippen molar-refractivity contribution in [2.45, 2.75) is 21.7 Å². The Kier molecular flexibility index (Phi) is 20.6. The fourth-order valence-electron chi connectivity index (χ4n) is 23.9. The Balaban J connectivity index is 0.000000146. The van der Waals surface area contributed by atoms with Crippen LogP contribution < -0.4 is 9.80 Å². The monoisotopic (exact) mass is 1750 g/mol. The van der Waals surface area contributed by atoms with Crippen molar-refractivity contribution in [1.29, 1.82) is 0 Å². The number of anilines is 6. The summed E-state index contributed by atoms with van der Waals surface area (Å²) >= 11 is 0. The third kappa shape index (κ3) is 13.2. The van der Waals surface area contributed by atoms with Crippen molar-refractivity contribution < 1.29 is 0 Å². The Morgan fingerprint density at radius 2 is 0.319 bits per heavy atom. The van der Waals surface area contributed by atoms with E-state index in [4.69, 9.17) is 0 Å². The summed E-state index contributed by atoms with van der Waals surface area (Å²) in [6.45, 7) is 0. The quantitative estimate of drug-likeness (QED) is 0.0845. The molecule has 0 unspecified atom stereocenters. The molecule has 26 rings (SSSR count). The second-order valence-corrected chi connectivity index (χ2v) is 36.7. The Labute approximate surface area is 808 Å². The van der Waals surface area contributed by atoms with E-state index in [9.17, 15) is 0 Å². The van der Waals surface area contributed by atoms with Gasteiger partial charge in [-0.05, 0) is 251 Å². The van der Waals surface area contributed by atoms with Crippen LogP contribution in [0.1, 0.15) is 89.0 Å². The first-order valence-corrected chi connectivity index (χ1v) is 48.0. The highest BCUT2D eigenvalue weighted by Gasteiger charge is 2.52. The maximum absolute atomic E-state index is 2.53. The molecule has 0 aliphatic heterocycles. The van der Waals surface area contributed by atoms with E-state index in [0.29, 0.717) is 0 Å². The zero-order valence-corrected chi connectivity index (χ0v) is 76.2. The predicted octanol–water partition coefficient (Wildman–Crippen LogP) is 34.4. The van der Waals surface area contributed by atoms with Gasteiger partial charge in [0.1, 0.15) is 0 Å². The molecule has 0 fully saturated rings. The number of rotatable bonds is 18. The van der Waals surface area contributed by atoms with E-state index in [1.165, 1.54) is 156 Å². The van der Waals surface area contributed by atoms with Crippen LogP contribution in [0.2, 0.25) is 0 Å². The highest BCUT2D eigenvalue weighted by atomic mass is 15.2. The normalized spacial score (nSPS) is 13.4. The van der Waals surface area contributed by atoms with Crippen LogP contribution >= 0.6 is 0 Å². The molecule has 0 saturated carbocycles. The van der Waals surface area contributed by atoms with Crippen LogP contribution in [0.15, 0.2) is 570 Å². The van der Waals surface area contributed by atoms with Crippen molar-refractivity contribution in [3.63, 3.8) is 0 Å². The first kappa shape index (κ1) is 82.4. The van der Waals surface area contributed by atoms with Crippen LogP contribution in [-0.4, -0.2) is 0 Å². The van der Waals surface area contributed by atoms with Crippen molar-refractivity contribution >= 4 is 34.1 Å². The molecule has 4 aliphatic rings. The van der Waals surface area contributed by atoms with Crippen molar-refractivity contribution in [3.05, 3.63) is 659 Å². The number of nitrogens with zero attached hydrogens (tertiary/aromatic N) is 2. The first-order valence-electron chi connectivity index (χ1n) is 48.0. The Morgan fingerprint density at radius 3 is 0.580 bits per heavy atom. The van der Waals surface area contributed by atoms with Crippen molar-refractivity contribution in [2.75, 3.05) is 9.80 Å². The van der Waals surface area contributed by atoms with Gasteiger partial charge in [-0.3, -0.25) is 0 Å². The summed E-state index contributed by atoms with van der Waals surface area (Å²) in [5, 5.41) is 0. The number of fused-ring (bicyclic) bond motifs is 12. The van der Waals surface area contributed by atoms with Gasteiger partial charge in [0.15, 0.2) is 0 Å². The molecule has 0 spiro atoms. The van der Waals surface area contributed by atoms with E-state index in [1.54, 1.807) is 0 Å². The summed E-state index contributed by atoms with van der Waals surface area (Å²) in [6, 6.07) is 211. The summed E-state index contributed by atoms with van der Waals surface area (Å²) in [5.41, 5.74) is 43.9. The van der Waals surface area contributed by atoms with Crippen LogP contribution in [0.25, 0.3) is 89.0 Å². The van der Waals surface area contributed by atoms with E-state index in [2.05, 4.69) is 580 Å². The lowest BCUT2D eigenvalue weighted by atomic mass is 9.67. The molecule has 0 atom stereocenters. The molecule has 0 heterocycles. The van der Waals surface area contributed by atoms with E-state index in [0.717, 1.165) is 56.4 Å². The third-order valence-electron chi connectivity index (χ3n) is 29.6. The number of hydrogen-bond acceptors (Lipinski definition) is 2. The van der Waals surface area contributed by atoms with E-state index < -0.39 is 21.7 Å². The van der Waals surface area contributed by atoms with Crippen molar-refractivity contribution in [1.82, 2.24) is 0 Å². The Bertz CT molecular complexity index is 7680. The van der Waals surface area contributed by atoms with Crippen LogP contribution in [0, 0.1) is 0 Å². The second kappa shape index (κ2) is 34.5. The summed E-state index contributed by atoms with van der Waals surface area (Å²) < 4.78 is 0. The van der Waals surface area contributed by atoms with Gasteiger partial charge in [0.05, 0.1) is 27.3 Å².